The molecule has 2 atom stereocenters. The second-order valence-electron chi connectivity index (χ2n) is 5.66. The second-order valence-corrected chi connectivity index (χ2v) is 5.66. The van der Waals surface area contributed by atoms with Gasteiger partial charge in [0.2, 0.25) is 0 Å². The van der Waals surface area contributed by atoms with Gasteiger partial charge in [0.25, 0.3) is 0 Å². The smallest absolute Gasteiger partial charge is 0.137 e. The molecule has 2 unspecified atom stereocenters. The van der Waals surface area contributed by atoms with Crippen LogP contribution in [-0.4, -0.2) is 30.1 Å². The zero-order valence-electron chi connectivity index (χ0n) is 12.6. The quantitative estimate of drug-likeness (QED) is 0.820. The first-order chi connectivity index (χ1) is 9.17. The molecule has 0 aromatic carbocycles. The number of aromatic nitrogens is 2. The van der Waals surface area contributed by atoms with Crippen molar-refractivity contribution >= 4 is 11.6 Å². The van der Waals surface area contributed by atoms with E-state index in [2.05, 4.69) is 48.0 Å². The summed E-state index contributed by atoms with van der Waals surface area (Å²) in [6.07, 6.45) is 5.11. The van der Waals surface area contributed by atoms with Crippen molar-refractivity contribution in [1.82, 2.24) is 9.97 Å². The lowest BCUT2D eigenvalue weighted by Gasteiger charge is -2.22. The Labute approximate surface area is 116 Å². The minimum Gasteiger partial charge on any atom is -0.370 e. The van der Waals surface area contributed by atoms with E-state index in [1.165, 1.54) is 12.0 Å². The summed E-state index contributed by atoms with van der Waals surface area (Å²) in [5, 5.41) is 3.41. The summed E-state index contributed by atoms with van der Waals surface area (Å²) in [4.78, 5) is 11.2. The molecule has 1 aromatic rings. The van der Waals surface area contributed by atoms with Crippen LogP contribution >= 0.6 is 0 Å². The van der Waals surface area contributed by atoms with Gasteiger partial charge < -0.3 is 10.2 Å². The predicted octanol–water partition coefficient (Wildman–Crippen LogP) is 2.95. The Morgan fingerprint density at radius 2 is 2.11 bits per heavy atom. The van der Waals surface area contributed by atoms with Crippen LogP contribution in [0.3, 0.4) is 0 Å². The molecule has 4 heteroatoms. The van der Waals surface area contributed by atoms with Crippen molar-refractivity contribution in [1.29, 1.82) is 0 Å². The Kier molecular flexibility index (Phi) is 4.61. The van der Waals surface area contributed by atoms with E-state index in [0.717, 1.165) is 49.4 Å². The topological polar surface area (TPSA) is 41.1 Å². The number of anilines is 2. The molecule has 106 valence electrons. The minimum absolute atomic E-state index is 0.844. The van der Waals surface area contributed by atoms with Gasteiger partial charge in [0, 0.05) is 25.7 Å². The molecule has 0 saturated heterocycles. The first-order valence-corrected chi connectivity index (χ1v) is 7.46. The zero-order chi connectivity index (χ0) is 13.8. The van der Waals surface area contributed by atoms with Gasteiger partial charge in [0.05, 0.1) is 0 Å². The summed E-state index contributed by atoms with van der Waals surface area (Å²) in [5.41, 5.74) is 1.24. The normalized spacial score (nSPS) is 21.3. The van der Waals surface area contributed by atoms with Crippen molar-refractivity contribution in [2.24, 2.45) is 11.8 Å². The minimum atomic E-state index is 0.844. The van der Waals surface area contributed by atoms with Gasteiger partial charge >= 0.3 is 0 Å². The molecule has 0 spiro atoms. The van der Waals surface area contributed by atoms with Gasteiger partial charge in [-0.05, 0) is 31.1 Å². The third-order valence-electron chi connectivity index (χ3n) is 3.96. The van der Waals surface area contributed by atoms with Crippen molar-refractivity contribution < 1.29 is 0 Å². The first-order valence-electron chi connectivity index (χ1n) is 7.46. The maximum atomic E-state index is 4.50. The van der Waals surface area contributed by atoms with Crippen LogP contribution in [-0.2, 0) is 6.42 Å². The predicted molar refractivity (Wildman–Crippen MR) is 80.7 cm³/mol. The van der Waals surface area contributed by atoms with Gasteiger partial charge in [-0.25, -0.2) is 9.97 Å². The van der Waals surface area contributed by atoms with E-state index < -0.39 is 0 Å². The van der Waals surface area contributed by atoms with Gasteiger partial charge in [-0.15, -0.1) is 0 Å². The van der Waals surface area contributed by atoms with Crippen LogP contribution in [0.2, 0.25) is 0 Å². The summed E-state index contributed by atoms with van der Waals surface area (Å²) in [7, 11) is 2.15. The summed E-state index contributed by atoms with van der Waals surface area (Å²) < 4.78 is 0. The van der Waals surface area contributed by atoms with Crippen molar-refractivity contribution in [3.63, 3.8) is 0 Å². The van der Waals surface area contributed by atoms with Gasteiger partial charge in [0.15, 0.2) is 0 Å². The molecular formula is C15H26N4. The highest BCUT2D eigenvalue weighted by molar-refractivity contribution is 5.58. The van der Waals surface area contributed by atoms with E-state index in [1.54, 1.807) is 6.33 Å². The highest BCUT2D eigenvalue weighted by Crippen LogP contribution is 2.39. The van der Waals surface area contributed by atoms with E-state index in [1.807, 2.05) is 0 Å². The molecule has 0 radical (unpaired) electrons. The van der Waals surface area contributed by atoms with E-state index in [0.29, 0.717) is 0 Å². The molecule has 1 fully saturated rings. The van der Waals surface area contributed by atoms with Crippen LogP contribution in [0.1, 0.15) is 39.2 Å². The monoisotopic (exact) mass is 262 g/mol. The van der Waals surface area contributed by atoms with Crippen LogP contribution in [0.15, 0.2) is 6.33 Å². The molecule has 0 aliphatic heterocycles. The average Bonchev–Trinajstić information content (AvgIpc) is 3.11. The Morgan fingerprint density at radius 1 is 1.37 bits per heavy atom. The molecule has 0 bridgehead atoms. The van der Waals surface area contributed by atoms with Gasteiger partial charge in [-0.1, -0.05) is 20.8 Å². The second kappa shape index (κ2) is 6.22. The van der Waals surface area contributed by atoms with E-state index in [9.17, 15) is 0 Å². The molecular weight excluding hydrogens is 236 g/mol. The number of hydrogen-bond donors (Lipinski definition) is 1. The first kappa shape index (κ1) is 14.1. The van der Waals surface area contributed by atoms with Crippen molar-refractivity contribution in [2.45, 2.75) is 40.0 Å². The number of nitrogens with zero attached hydrogens (tertiary/aromatic N) is 3. The summed E-state index contributed by atoms with van der Waals surface area (Å²) in [6.45, 7) is 8.74. The Morgan fingerprint density at radius 3 is 2.68 bits per heavy atom. The molecule has 19 heavy (non-hydrogen) atoms. The Hall–Kier alpha value is -1.32. The van der Waals surface area contributed by atoms with E-state index >= 15 is 0 Å². The van der Waals surface area contributed by atoms with Crippen LogP contribution in [0.5, 0.6) is 0 Å². The van der Waals surface area contributed by atoms with E-state index in [-0.39, 0.29) is 0 Å². The van der Waals surface area contributed by atoms with Gasteiger partial charge in [-0.2, -0.15) is 0 Å². The fourth-order valence-corrected chi connectivity index (χ4v) is 2.54. The molecule has 1 aliphatic carbocycles. The van der Waals surface area contributed by atoms with Crippen LogP contribution in [0.25, 0.3) is 0 Å². The van der Waals surface area contributed by atoms with Crippen molar-refractivity contribution in [3.05, 3.63) is 11.9 Å². The Bertz CT molecular complexity index is 419. The molecule has 2 rings (SSSR count). The van der Waals surface area contributed by atoms with Crippen molar-refractivity contribution in [3.8, 4) is 0 Å². The molecule has 1 aromatic heterocycles. The number of nitrogens with one attached hydrogen (secondary N) is 1. The molecule has 0 amide bonds. The van der Waals surface area contributed by atoms with Crippen LogP contribution < -0.4 is 10.2 Å². The highest BCUT2D eigenvalue weighted by Gasteiger charge is 2.33. The molecule has 1 N–H and O–H groups in total. The van der Waals surface area contributed by atoms with Gasteiger partial charge in [0.1, 0.15) is 18.0 Å². The third kappa shape index (κ3) is 3.37. The molecule has 1 saturated carbocycles. The van der Waals surface area contributed by atoms with Crippen LogP contribution in [0, 0.1) is 11.8 Å². The summed E-state index contributed by atoms with van der Waals surface area (Å²) >= 11 is 0. The number of hydrogen-bond acceptors (Lipinski definition) is 4. The van der Waals surface area contributed by atoms with E-state index in [4.69, 9.17) is 0 Å². The SMILES string of the molecule is CCCNc1ncnc(N(C)CC2CC2C)c1CC. The largest absolute Gasteiger partial charge is 0.370 e. The van der Waals surface area contributed by atoms with Crippen molar-refractivity contribution in [2.75, 3.05) is 30.4 Å². The lowest BCUT2D eigenvalue weighted by Crippen LogP contribution is -2.24. The fourth-order valence-electron chi connectivity index (χ4n) is 2.54. The maximum absolute atomic E-state index is 4.50. The summed E-state index contributed by atoms with van der Waals surface area (Å²) in [6, 6.07) is 0. The van der Waals surface area contributed by atoms with Crippen LogP contribution in [0.4, 0.5) is 11.6 Å². The van der Waals surface area contributed by atoms with Gasteiger partial charge in [-0.3, -0.25) is 0 Å². The lowest BCUT2D eigenvalue weighted by molar-refractivity contribution is 0.715. The molecule has 4 nitrogen and oxygen atoms in total. The zero-order valence-corrected chi connectivity index (χ0v) is 12.6. The number of rotatable bonds is 7. The standard InChI is InChI=1S/C15H26N4/c1-5-7-16-14-13(6-2)15(18-10-17-14)19(4)9-12-8-11(12)3/h10-12H,5-9H2,1-4H3,(H,16,17,18). The third-order valence-corrected chi connectivity index (χ3v) is 3.96. The average molecular weight is 262 g/mol. The highest BCUT2D eigenvalue weighted by atomic mass is 15.2. The Balaban J connectivity index is 2.13. The summed E-state index contributed by atoms with van der Waals surface area (Å²) in [5.74, 6) is 3.82. The lowest BCUT2D eigenvalue weighted by atomic mass is 10.2. The fraction of sp³-hybridized carbons (Fsp3) is 0.733. The maximum Gasteiger partial charge on any atom is 0.137 e. The molecule has 1 aliphatic rings. The molecule has 1 heterocycles.